The van der Waals surface area contributed by atoms with Gasteiger partial charge in [-0.3, -0.25) is 4.90 Å². The maximum Gasteiger partial charge on any atom is 0.141 e. The van der Waals surface area contributed by atoms with Crippen LogP contribution < -0.4 is 5.32 Å². The lowest BCUT2D eigenvalue weighted by atomic mass is 9.90. The van der Waals surface area contributed by atoms with E-state index in [0.29, 0.717) is 6.04 Å². The fraction of sp³-hybridized carbons (Fsp3) is 0.857. The lowest BCUT2D eigenvalue weighted by Gasteiger charge is -2.34. The molecule has 1 fully saturated rings. The van der Waals surface area contributed by atoms with Crippen LogP contribution in [0.3, 0.4) is 0 Å². The van der Waals surface area contributed by atoms with Crippen LogP contribution in [0.5, 0.6) is 0 Å². The lowest BCUT2D eigenvalue weighted by Crippen LogP contribution is -2.40. The Hall–Kier alpha value is -0.940. The first-order valence-corrected chi connectivity index (χ1v) is 7.51. The molecule has 1 aliphatic heterocycles. The van der Waals surface area contributed by atoms with Crippen LogP contribution in [0, 0.1) is 5.92 Å². The minimum atomic E-state index is 0.630. The van der Waals surface area contributed by atoms with E-state index < -0.39 is 0 Å². The smallest absolute Gasteiger partial charge is 0.141 e. The van der Waals surface area contributed by atoms with E-state index in [1.807, 2.05) is 4.68 Å². The summed E-state index contributed by atoms with van der Waals surface area (Å²) in [6.45, 7) is 8.74. The summed E-state index contributed by atoms with van der Waals surface area (Å²) >= 11 is 0. The van der Waals surface area contributed by atoms with Crippen LogP contribution in [-0.4, -0.2) is 45.8 Å². The molecule has 2 rings (SSSR count). The van der Waals surface area contributed by atoms with Gasteiger partial charge in [-0.15, -0.1) is 0 Å². The molecule has 0 bridgehead atoms. The van der Waals surface area contributed by atoms with E-state index in [4.69, 9.17) is 0 Å². The van der Waals surface area contributed by atoms with Gasteiger partial charge < -0.3 is 5.32 Å². The Balaban J connectivity index is 1.83. The average Bonchev–Trinajstić information content (AvgIpc) is 2.86. The van der Waals surface area contributed by atoms with Gasteiger partial charge in [0.25, 0.3) is 0 Å². The third-order valence-corrected chi connectivity index (χ3v) is 4.29. The first-order valence-electron chi connectivity index (χ1n) is 7.51. The molecule has 1 aromatic heterocycles. The normalized spacial score (nSPS) is 19.7. The maximum atomic E-state index is 4.40. The minimum absolute atomic E-state index is 0.630. The number of aryl methyl sites for hydroxylation is 1. The molecule has 5 nitrogen and oxygen atoms in total. The SMILES string of the molecule is CCCn1ncnc1CN1CCC(C(C)NC)CC1. The van der Waals surface area contributed by atoms with Crippen molar-refractivity contribution < 1.29 is 0 Å². The number of nitrogens with one attached hydrogen (secondary N) is 1. The molecular formula is C14H27N5. The van der Waals surface area contributed by atoms with Crippen molar-refractivity contribution in [3.05, 3.63) is 12.2 Å². The number of aromatic nitrogens is 3. The standard InChI is InChI=1S/C14H27N5/c1-4-7-19-14(16-11-17-19)10-18-8-5-13(6-9-18)12(2)15-3/h11-13,15H,4-10H2,1-3H3. The molecule has 1 atom stereocenters. The van der Waals surface area contributed by atoms with Gasteiger partial charge in [-0.2, -0.15) is 5.10 Å². The molecule has 1 aliphatic rings. The summed E-state index contributed by atoms with van der Waals surface area (Å²) in [6, 6.07) is 0.630. The highest BCUT2D eigenvalue weighted by Gasteiger charge is 2.23. The predicted octanol–water partition coefficient (Wildman–Crippen LogP) is 1.51. The molecule has 108 valence electrons. The van der Waals surface area contributed by atoms with Crippen LogP contribution >= 0.6 is 0 Å². The highest BCUT2D eigenvalue weighted by Crippen LogP contribution is 2.21. The molecule has 19 heavy (non-hydrogen) atoms. The zero-order valence-corrected chi connectivity index (χ0v) is 12.5. The van der Waals surface area contributed by atoms with Gasteiger partial charge in [-0.25, -0.2) is 9.67 Å². The molecule has 0 amide bonds. The number of likely N-dealkylation sites (tertiary alicyclic amines) is 1. The van der Waals surface area contributed by atoms with Crippen molar-refractivity contribution in [2.75, 3.05) is 20.1 Å². The zero-order chi connectivity index (χ0) is 13.7. The van der Waals surface area contributed by atoms with Crippen molar-refractivity contribution in [3.63, 3.8) is 0 Å². The Kier molecular flexibility index (Phi) is 5.34. The lowest BCUT2D eigenvalue weighted by molar-refractivity contribution is 0.154. The monoisotopic (exact) mass is 265 g/mol. The number of nitrogens with zero attached hydrogens (tertiary/aromatic N) is 4. The molecule has 1 aromatic rings. The van der Waals surface area contributed by atoms with Crippen LogP contribution in [0.25, 0.3) is 0 Å². The quantitative estimate of drug-likeness (QED) is 0.847. The van der Waals surface area contributed by atoms with Gasteiger partial charge >= 0.3 is 0 Å². The number of hydrogen-bond acceptors (Lipinski definition) is 4. The second-order valence-corrected chi connectivity index (χ2v) is 5.59. The molecule has 0 aliphatic carbocycles. The molecule has 2 heterocycles. The van der Waals surface area contributed by atoms with Gasteiger partial charge in [0.2, 0.25) is 0 Å². The van der Waals surface area contributed by atoms with Crippen molar-refractivity contribution in [2.24, 2.45) is 5.92 Å². The fourth-order valence-electron chi connectivity index (χ4n) is 2.86. The number of piperidine rings is 1. The van der Waals surface area contributed by atoms with Crippen molar-refractivity contribution in [1.29, 1.82) is 0 Å². The highest BCUT2D eigenvalue weighted by atomic mass is 15.3. The summed E-state index contributed by atoms with van der Waals surface area (Å²) in [6.07, 6.45) is 5.35. The second kappa shape index (κ2) is 7.01. The van der Waals surface area contributed by atoms with Crippen LogP contribution in [0.15, 0.2) is 6.33 Å². The molecule has 0 radical (unpaired) electrons. The number of rotatable bonds is 6. The molecule has 0 saturated carbocycles. The third kappa shape index (κ3) is 3.76. The topological polar surface area (TPSA) is 46.0 Å². The predicted molar refractivity (Wildman–Crippen MR) is 76.8 cm³/mol. The van der Waals surface area contributed by atoms with Crippen molar-refractivity contribution in [3.8, 4) is 0 Å². The summed E-state index contributed by atoms with van der Waals surface area (Å²) in [7, 11) is 2.06. The zero-order valence-electron chi connectivity index (χ0n) is 12.5. The highest BCUT2D eigenvalue weighted by molar-refractivity contribution is 4.87. The van der Waals surface area contributed by atoms with E-state index in [2.05, 4.69) is 41.2 Å². The molecule has 1 N–H and O–H groups in total. The van der Waals surface area contributed by atoms with Gasteiger partial charge in [0.1, 0.15) is 12.2 Å². The Morgan fingerprint density at radius 2 is 2.16 bits per heavy atom. The van der Waals surface area contributed by atoms with E-state index in [1.165, 1.54) is 25.9 Å². The summed E-state index contributed by atoms with van der Waals surface area (Å²) in [5, 5.41) is 7.67. The van der Waals surface area contributed by atoms with Gasteiger partial charge in [0.05, 0.1) is 6.54 Å². The fourth-order valence-corrected chi connectivity index (χ4v) is 2.86. The van der Waals surface area contributed by atoms with Crippen LogP contribution in [0.1, 0.15) is 38.9 Å². The Morgan fingerprint density at radius 1 is 1.42 bits per heavy atom. The van der Waals surface area contributed by atoms with E-state index in [-0.39, 0.29) is 0 Å². The Labute approximate surface area is 116 Å². The van der Waals surface area contributed by atoms with Crippen LogP contribution in [-0.2, 0) is 13.1 Å². The van der Waals surface area contributed by atoms with E-state index in [9.17, 15) is 0 Å². The van der Waals surface area contributed by atoms with Crippen molar-refractivity contribution in [2.45, 2.75) is 52.2 Å². The van der Waals surface area contributed by atoms with Crippen molar-refractivity contribution >= 4 is 0 Å². The molecule has 0 spiro atoms. The summed E-state index contributed by atoms with van der Waals surface area (Å²) in [5.41, 5.74) is 0. The van der Waals surface area contributed by atoms with Gasteiger partial charge in [0, 0.05) is 12.6 Å². The Bertz CT molecular complexity index is 368. The number of hydrogen-bond donors (Lipinski definition) is 1. The Morgan fingerprint density at radius 3 is 2.79 bits per heavy atom. The first kappa shape index (κ1) is 14.5. The summed E-state index contributed by atoms with van der Waals surface area (Å²) in [5.74, 6) is 1.93. The summed E-state index contributed by atoms with van der Waals surface area (Å²) < 4.78 is 2.04. The third-order valence-electron chi connectivity index (χ3n) is 4.29. The largest absolute Gasteiger partial charge is 0.317 e. The van der Waals surface area contributed by atoms with E-state index in [1.54, 1.807) is 6.33 Å². The molecule has 1 saturated heterocycles. The minimum Gasteiger partial charge on any atom is -0.317 e. The first-order chi connectivity index (χ1) is 9.24. The van der Waals surface area contributed by atoms with Crippen molar-refractivity contribution in [1.82, 2.24) is 25.0 Å². The molecule has 0 aromatic carbocycles. The molecule has 1 unspecified atom stereocenters. The van der Waals surface area contributed by atoms with Crippen LogP contribution in [0.2, 0.25) is 0 Å². The molecule has 5 heteroatoms. The second-order valence-electron chi connectivity index (χ2n) is 5.59. The van der Waals surface area contributed by atoms with E-state index in [0.717, 1.165) is 31.3 Å². The van der Waals surface area contributed by atoms with E-state index >= 15 is 0 Å². The average molecular weight is 265 g/mol. The van der Waals surface area contributed by atoms with Crippen LogP contribution in [0.4, 0.5) is 0 Å². The maximum absolute atomic E-state index is 4.40. The van der Waals surface area contributed by atoms with Gasteiger partial charge in [-0.1, -0.05) is 6.92 Å². The molecular weight excluding hydrogens is 238 g/mol. The summed E-state index contributed by atoms with van der Waals surface area (Å²) in [4.78, 5) is 6.91. The van der Waals surface area contributed by atoms with Gasteiger partial charge in [0.15, 0.2) is 0 Å². The van der Waals surface area contributed by atoms with Gasteiger partial charge in [-0.05, 0) is 52.2 Å².